The first kappa shape index (κ1) is 21.2. The predicted molar refractivity (Wildman–Crippen MR) is 105 cm³/mol. The molecule has 0 heterocycles. The lowest BCUT2D eigenvalue weighted by Gasteiger charge is -2.17. The maximum Gasteiger partial charge on any atom is 0.344 e. The Balaban J connectivity index is 1.77. The van der Waals surface area contributed by atoms with Gasteiger partial charge in [-0.05, 0) is 37.1 Å². The number of ketones is 1. The van der Waals surface area contributed by atoms with Gasteiger partial charge in [0.1, 0.15) is 5.75 Å². The van der Waals surface area contributed by atoms with Gasteiger partial charge in [0.25, 0.3) is 5.91 Å². The van der Waals surface area contributed by atoms with Crippen LogP contribution in [0, 0.1) is 5.92 Å². The number of hydrogen-bond donors (Lipinski definition) is 1. The van der Waals surface area contributed by atoms with Crippen molar-refractivity contribution in [2.75, 3.05) is 13.2 Å². The zero-order valence-electron chi connectivity index (χ0n) is 16.3. The molecule has 0 saturated carbocycles. The van der Waals surface area contributed by atoms with Gasteiger partial charge in [0.2, 0.25) is 0 Å². The molecule has 1 atom stereocenters. The number of carbonyl (C=O) groups excluding carboxylic acids is 3. The van der Waals surface area contributed by atoms with E-state index in [1.54, 1.807) is 48.5 Å². The average molecular weight is 383 g/mol. The summed E-state index contributed by atoms with van der Waals surface area (Å²) in [5, 5.41) is 2.75. The largest absolute Gasteiger partial charge is 0.482 e. The number of nitrogens with one attached hydrogen (secondary N) is 1. The molecule has 28 heavy (non-hydrogen) atoms. The van der Waals surface area contributed by atoms with Crippen molar-refractivity contribution < 1.29 is 23.9 Å². The topological polar surface area (TPSA) is 81.7 Å². The van der Waals surface area contributed by atoms with Crippen LogP contribution in [-0.4, -0.2) is 36.9 Å². The monoisotopic (exact) mass is 383 g/mol. The zero-order valence-corrected chi connectivity index (χ0v) is 16.3. The van der Waals surface area contributed by atoms with Crippen molar-refractivity contribution >= 4 is 17.7 Å². The molecule has 0 bridgehead atoms. The fraction of sp³-hybridized carbons (Fsp3) is 0.318. The summed E-state index contributed by atoms with van der Waals surface area (Å²) >= 11 is 0. The molecule has 0 aliphatic rings. The molecule has 0 radical (unpaired) electrons. The number of amides is 1. The van der Waals surface area contributed by atoms with E-state index in [9.17, 15) is 14.4 Å². The van der Waals surface area contributed by atoms with Gasteiger partial charge in [0.05, 0.1) is 0 Å². The van der Waals surface area contributed by atoms with E-state index in [1.165, 1.54) is 0 Å². The molecule has 0 unspecified atom stereocenters. The second-order valence-corrected chi connectivity index (χ2v) is 6.77. The van der Waals surface area contributed by atoms with Crippen molar-refractivity contribution in [2.24, 2.45) is 5.92 Å². The van der Waals surface area contributed by atoms with Crippen LogP contribution in [0.3, 0.4) is 0 Å². The van der Waals surface area contributed by atoms with Gasteiger partial charge in [0, 0.05) is 17.2 Å². The van der Waals surface area contributed by atoms with Crippen molar-refractivity contribution in [3.8, 4) is 5.75 Å². The summed E-state index contributed by atoms with van der Waals surface area (Å²) in [5.41, 5.74) is 1.13. The summed E-state index contributed by atoms with van der Waals surface area (Å²) in [6.45, 7) is 5.20. The smallest absolute Gasteiger partial charge is 0.344 e. The number of benzene rings is 2. The van der Waals surface area contributed by atoms with Crippen molar-refractivity contribution in [3.05, 3.63) is 65.7 Å². The summed E-state index contributed by atoms with van der Waals surface area (Å²) in [7, 11) is 0. The Morgan fingerprint density at radius 3 is 2.07 bits per heavy atom. The van der Waals surface area contributed by atoms with Gasteiger partial charge >= 0.3 is 5.97 Å². The van der Waals surface area contributed by atoms with E-state index >= 15 is 0 Å². The van der Waals surface area contributed by atoms with E-state index < -0.39 is 5.97 Å². The highest BCUT2D eigenvalue weighted by molar-refractivity contribution is 6.08. The van der Waals surface area contributed by atoms with Crippen LogP contribution in [0.4, 0.5) is 0 Å². The van der Waals surface area contributed by atoms with E-state index in [0.717, 1.165) is 0 Å². The van der Waals surface area contributed by atoms with E-state index in [2.05, 4.69) is 5.32 Å². The highest BCUT2D eigenvalue weighted by atomic mass is 16.6. The van der Waals surface area contributed by atoms with Gasteiger partial charge in [-0.25, -0.2) is 4.79 Å². The molecule has 1 N–H and O–H groups in total. The van der Waals surface area contributed by atoms with Gasteiger partial charge in [-0.3, -0.25) is 9.59 Å². The quantitative estimate of drug-likeness (QED) is 0.532. The third kappa shape index (κ3) is 6.54. The summed E-state index contributed by atoms with van der Waals surface area (Å²) in [6.07, 6.45) is 0. The summed E-state index contributed by atoms with van der Waals surface area (Å²) in [4.78, 5) is 35.8. The third-order valence-electron chi connectivity index (χ3n) is 4.26. The number of rotatable bonds is 9. The molecule has 2 rings (SSSR count). The second-order valence-electron chi connectivity index (χ2n) is 6.77. The first-order valence-electron chi connectivity index (χ1n) is 9.14. The Bertz CT molecular complexity index is 799. The fourth-order valence-corrected chi connectivity index (χ4v) is 2.25. The molecule has 148 valence electrons. The van der Waals surface area contributed by atoms with Crippen LogP contribution in [0.1, 0.15) is 36.7 Å². The summed E-state index contributed by atoms with van der Waals surface area (Å²) in [5.74, 6) is -0.359. The lowest BCUT2D eigenvalue weighted by molar-refractivity contribution is -0.150. The standard InChI is InChI=1S/C22H25NO5/c1-15(2)16(3)23-20(24)13-28-21(25)14-27-19-11-9-18(10-12-19)22(26)17-7-5-4-6-8-17/h4-12,15-16H,13-14H2,1-3H3,(H,23,24)/t16-/m0/s1. The molecular weight excluding hydrogens is 358 g/mol. The second kappa shape index (κ2) is 10.3. The molecule has 0 aliphatic heterocycles. The maximum atomic E-state index is 12.3. The zero-order chi connectivity index (χ0) is 20.5. The first-order chi connectivity index (χ1) is 13.4. The van der Waals surface area contributed by atoms with Gasteiger partial charge in [-0.1, -0.05) is 44.2 Å². The van der Waals surface area contributed by atoms with Crippen molar-refractivity contribution in [1.82, 2.24) is 5.32 Å². The summed E-state index contributed by atoms with van der Waals surface area (Å²) < 4.78 is 10.2. The van der Waals surface area contributed by atoms with Crippen molar-refractivity contribution in [3.63, 3.8) is 0 Å². The molecule has 0 saturated heterocycles. The minimum Gasteiger partial charge on any atom is -0.482 e. The van der Waals surface area contributed by atoms with E-state index in [-0.39, 0.29) is 30.9 Å². The van der Waals surface area contributed by atoms with Crippen LogP contribution in [0.25, 0.3) is 0 Å². The number of hydrogen-bond acceptors (Lipinski definition) is 5. The molecule has 6 nitrogen and oxygen atoms in total. The molecule has 2 aromatic rings. The molecule has 0 spiro atoms. The molecule has 0 aliphatic carbocycles. The lowest BCUT2D eigenvalue weighted by Crippen LogP contribution is -2.39. The molecule has 0 fully saturated rings. The fourth-order valence-electron chi connectivity index (χ4n) is 2.25. The normalized spacial score (nSPS) is 11.6. The summed E-state index contributed by atoms with van der Waals surface area (Å²) in [6, 6.07) is 15.5. The number of esters is 1. The van der Waals surface area contributed by atoms with Crippen molar-refractivity contribution in [1.29, 1.82) is 0 Å². The Morgan fingerprint density at radius 2 is 1.46 bits per heavy atom. The van der Waals surface area contributed by atoms with Crippen LogP contribution < -0.4 is 10.1 Å². The predicted octanol–water partition coefficient (Wildman–Crippen LogP) is 3.00. The number of ether oxygens (including phenoxy) is 2. The minimum absolute atomic E-state index is 0.000405. The van der Waals surface area contributed by atoms with Crippen molar-refractivity contribution in [2.45, 2.75) is 26.8 Å². The molecule has 1 amide bonds. The van der Waals surface area contributed by atoms with Crippen LogP contribution >= 0.6 is 0 Å². The van der Waals surface area contributed by atoms with E-state index in [0.29, 0.717) is 22.8 Å². The van der Waals surface area contributed by atoms with Gasteiger partial charge in [-0.15, -0.1) is 0 Å². The average Bonchev–Trinajstić information content (AvgIpc) is 2.71. The van der Waals surface area contributed by atoms with Gasteiger partial charge in [0.15, 0.2) is 19.0 Å². The molecule has 2 aromatic carbocycles. The van der Waals surface area contributed by atoms with Crippen LogP contribution in [0.2, 0.25) is 0 Å². The SMILES string of the molecule is CC(C)[C@H](C)NC(=O)COC(=O)COc1ccc(C(=O)c2ccccc2)cc1. The van der Waals surface area contributed by atoms with E-state index in [4.69, 9.17) is 9.47 Å². The Hall–Kier alpha value is -3.15. The maximum absolute atomic E-state index is 12.3. The Morgan fingerprint density at radius 1 is 0.857 bits per heavy atom. The minimum atomic E-state index is -0.642. The molecule has 0 aromatic heterocycles. The lowest BCUT2D eigenvalue weighted by atomic mass is 10.0. The molecular formula is C22H25NO5. The van der Waals surface area contributed by atoms with Crippen LogP contribution in [0.5, 0.6) is 5.75 Å². The molecule has 6 heteroatoms. The van der Waals surface area contributed by atoms with Crippen LogP contribution in [0.15, 0.2) is 54.6 Å². The first-order valence-corrected chi connectivity index (χ1v) is 9.14. The highest BCUT2D eigenvalue weighted by Gasteiger charge is 2.13. The van der Waals surface area contributed by atoms with Crippen LogP contribution in [-0.2, 0) is 14.3 Å². The van der Waals surface area contributed by atoms with E-state index in [1.807, 2.05) is 26.8 Å². The highest BCUT2D eigenvalue weighted by Crippen LogP contribution is 2.15. The van der Waals surface area contributed by atoms with Gasteiger partial charge < -0.3 is 14.8 Å². The number of carbonyl (C=O) groups is 3. The Labute approximate surface area is 164 Å². The van der Waals surface area contributed by atoms with Gasteiger partial charge in [-0.2, -0.15) is 0 Å². The Kier molecular flexibility index (Phi) is 7.75. The third-order valence-corrected chi connectivity index (χ3v) is 4.26.